The Morgan fingerprint density at radius 3 is 2.20 bits per heavy atom. The van der Waals surface area contributed by atoms with E-state index in [1.807, 2.05) is 39.0 Å². The van der Waals surface area contributed by atoms with Crippen molar-refractivity contribution in [3.63, 3.8) is 0 Å². The van der Waals surface area contributed by atoms with E-state index in [0.717, 1.165) is 25.9 Å². The molecule has 1 aromatic rings. The Morgan fingerprint density at radius 1 is 1.16 bits per heavy atom. The first-order valence-electron chi connectivity index (χ1n) is 8.73. The molecule has 1 aromatic carbocycles. The summed E-state index contributed by atoms with van der Waals surface area (Å²) in [6.07, 6.45) is 1.82. The minimum Gasteiger partial charge on any atom is -0.493 e. The summed E-state index contributed by atoms with van der Waals surface area (Å²) in [5.74, 6) is 2.06. The van der Waals surface area contributed by atoms with Gasteiger partial charge in [-0.3, -0.25) is 9.69 Å². The fourth-order valence-electron chi connectivity index (χ4n) is 2.95. The van der Waals surface area contributed by atoms with Gasteiger partial charge in [0.15, 0.2) is 11.5 Å². The van der Waals surface area contributed by atoms with Crippen LogP contribution in [0.5, 0.6) is 17.2 Å². The van der Waals surface area contributed by atoms with Gasteiger partial charge in [-0.05, 0) is 45.7 Å². The second-order valence-corrected chi connectivity index (χ2v) is 7.38. The number of benzene rings is 1. The largest absolute Gasteiger partial charge is 0.493 e. The third kappa shape index (κ3) is 5.81. The van der Waals surface area contributed by atoms with Gasteiger partial charge >= 0.3 is 0 Å². The van der Waals surface area contributed by atoms with Gasteiger partial charge in [-0.15, -0.1) is 0 Å². The minimum atomic E-state index is -0.196. The number of rotatable bonds is 6. The first kappa shape index (κ1) is 19.4. The zero-order valence-electron chi connectivity index (χ0n) is 15.9. The van der Waals surface area contributed by atoms with Crippen molar-refractivity contribution in [2.24, 2.45) is 0 Å². The standard InChI is InChI=1S/C19H30N2O4/c1-19(2,3)20-17(22)13-21-11-9-14(10-12-21)25-18-15(23-4)7-6-8-16(18)24-5/h6-8,14H,9-13H2,1-5H3,(H,20,22). The molecule has 0 aliphatic carbocycles. The molecule has 0 bridgehead atoms. The van der Waals surface area contributed by atoms with Crippen LogP contribution in [0.2, 0.25) is 0 Å². The van der Waals surface area contributed by atoms with Gasteiger partial charge in [0.2, 0.25) is 11.7 Å². The number of hydrogen-bond acceptors (Lipinski definition) is 5. The van der Waals surface area contributed by atoms with Crippen LogP contribution in [0.1, 0.15) is 33.6 Å². The predicted octanol–water partition coefficient (Wildman–Crippen LogP) is 2.46. The number of carbonyl (C=O) groups excluding carboxylic acids is 1. The number of amides is 1. The molecule has 6 nitrogen and oxygen atoms in total. The van der Waals surface area contributed by atoms with Crippen molar-refractivity contribution in [2.75, 3.05) is 33.9 Å². The van der Waals surface area contributed by atoms with Gasteiger partial charge in [0.05, 0.1) is 20.8 Å². The van der Waals surface area contributed by atoms with E-state index < -0.39 is 0 Å². The molecule has 0 aromatic heterocycles. The van der Waals surface area contributed by atoms with E-state index in [2.05, 4.69) is 10.2 Å². The molecule has 0 saturated carbocycles. The van der Waals surface area contributed by atoms with Crippen LogP contribution in [-0.2, 0) is 4.79 Å². The Hall–Kier alpha value is -1.95. The van der Waals surface area contributed by atoms with Crippen molar-refractivity contribution < 1.29 is 19.0 Å². The van der Waals surface area contributed by atoms with E-state index in [0.29, 0.717) is 23.8 Å². The summed E-state index contributed by atoms with van der Waals surface area (Å²) < 4.78 is 16.9. The second-order valence-electron chi connectivity index (χ2n) is 7.38. The molecular weight excluding hydrogens is 320 g/mol. The Morgan fingerprint density at radius 2 is 1.72 bits per heavy atom. The van der Waals surface area contributed by atoms with Crippen molar-refractivity contribution in [1.29, 1.82) is 0 Å². The van der Waals surface area contributed by atoms with Gasteiger partial charge in [-0.25, -0.2) is 0 Å². The molecule has 0 atom stereocenters. The normalized spacial score (nSPS) is 16.4. The Bertz CT molecular complexity index is 553. The number of ether oxygens (including phenoxy) is 3. The van der Waals surface area contributed by atoms with E-state index in [1.165, 1.54) is 0 Å². The maximum Gasteiger partial charge on any atom is 0.234 e. The maximum absolute atomic E-state index is 12.0. The number of para-hydroxylation sites is 1. The SMILES string of the molecule is COc1cccc(OC)c1OC1CCN(CC(=O)NC(C)(C)C)CC1. The third-order valence-corrected chi connectivity index (χ3v) is 4.08. The van der Waals surface area contributed by atoms with Crippen LogP contribution < -0.4 is 19.5 Å². The van der Waals surface area contributed by atoms with Crippen molar-refractivity contribution >= 4 is 5.91 Å². The number of methoxy groups -OCH3 is 2. The molecule has 0 unspecified atom stereocenters. The highest BCUT2D eigenvalue weighted by Crippen LogP contribution is 2.38. The minimum absolute atomic E-state index is 0.0678. The van der Waals surface area contributed by atoms with Gasteiger partial charge in [0.25, 0.3) is 0 Å². The lowest BCUT2D eigenvalue weighted by atomic mass is 10.1. The van der Waals surface area contributed by atoms with Crippen molar-refractivity contribution in [2.45, 2.75) is 45.3 Å². The van der Waals surface area contributed by atoms with Crippen LogP contribution in [0.4, 0.5) is 0 Å². The van der Waals surface area contributed by atoms with Crippen LogP contribution in [0.3, 0.4) is 0 Å². The van der Waals surface area contributed by atoms with Gasteiger partial charge < -0.3 is 19.5 Å². The number of nitrogens with one attached hydrogen (secondary N) is 1. The maximum atomic E-state index is 12.0. The van der Waals surface area contributed by atoms with Crippen molar-refractivity contribution in [1.82, 2.24) is 10.2 Å². The number of carbonyl (C=O) groups is 1. The topological polar surface area (TPSA) is 60.0 Å². The van der Waals surface area contributed by atoms with E-state index in [4.69, 9.17) is 14.2 Å². The number of likely N-dealkylation sites (tertiary alicyclic amines) is 1. The smallest absolute Gasteiger partial charge is 0.234 e. The molecule has 0 radical (unpaired) electrons. The summed E-state index contributed by atoms with van der Waals surface area (Å²) in [6.45, 7) is 8.07. The second kappa shape index (κ2) is 8.43. The van der Waals surface area contributed by atoms with Gasteiger partial charge in [-0.2, -0.15) is 0 Å². The van der Waals surface area contributed by atoms with Crippen LogP contribution in [0.15, 0.2) is 18.2 Å². The average molecular weight is 350 g/mol. The molecule has 1 aliphatic heterocycles. The lowest BCUT2D eigenvalue weighted by Gasteiger charge is -2.33. The number of hydrogen-bond donors (Lipinski definition) is 1. The lowest BCUT2D eigenvalue weighted by Crippen LogP contribution is -2.48. The van der Waals surface area contributed by atoms with E-state index in [-0.39, 0.29) is 17.6 Å². The first-order chi connectivity index (χ1) is 11.8. The van der Waals surface area contributed by atoms with Crippen LogP contribution in [0.25, 0.3) is 0 Å². The highest BCUT2D eigenvalue weighted by molar-refractivity contribution is 5.78. The van der Waals surface area contributed by atoms with Gasteiger partial charge in [0, 0.05) is 18.6 Å². The lowest BCUT2D eigenvalue weighted by molar-refractivity contribution is -0.124. The summed E-state index contributed by atoms with van der Waals surface area (Å²) in [5, 5.41) is 3.00. The van der Waals surface area contributed by atoms with Crippen molar-refractivity contribution in [3.8, 4) is 17.2 Å². The first-order valence-corrected chi connectivity index (χ1v) is 8.73. The van der Waals surface area contributed by atoms with E-state index in [9.17, 15) is 4.79 Å². The van der Waals surface area contributed by atoms with Gasteiger partial charge in [0.1, 0.15) is 6.10 Å². The summed E-state index contributed by atoms with van der Waals surface area (Å²) in [7, 11) is 3.25. The van der Waals surface area contributed by atoms with Crippen LogP contribution in [0, 0.1) is 0 Å². The van der Waals surface area contributed by atoms with Crippen LogP contribution >= 0.6 is 0 Å². The molecule has 1 aliphatic rings. The molecule has 6 heteroatoms. The zero-order valence-corrected chi connectivity index (χ0v) is 15.9. The monoisotopic (exact) mass is 350 g/mol. The molecule has 2 rings (SSSR count). The molecule has 1 heterocycles. The van der Waals surface area contributed by atoms with Crippen LogP contribution in [-0.4, -0.2) is 56.3 Å². The summed E-state index contributed by atoms with van der Waals surface area (Å²) in [6, 6.07) is 5.61. The summed E-state index contributed by atoms with van der Waals surface area (Å²) in [5.41, 5.74) is -0.196. The van der Waals surface area contributed by atoms with Gasteiger partial charge in [-0.1, -0.05) is 6.07 Å². The fourth-order valence-corrected chi connectivity index (χ4v) is 2.95. The average Bonchev–Trinajstić information content (AvgIpc) is 2.55. The highest BCUT2D eigenvalue weighted by Gasteiger charge is 2.25. The molecule has 1 fully saturated rings. The quantitative estimate of drug-likeness (QED) is 0.854. The van der Waals surface area contributed by atoms with Crippen molar-refractivity contribution in [3.05, 3.63) is 18.2 Å². The summed E-state index contributed by atoms with van der Waals surface area (Å²) in [4.78, 5) is 14.2. The molecule has 25 heavy (non-hydrogen) atoms. The fraction of sp³-hybridized carbons (Fsp3) is 0.632. The molecular formula is C19H30N2O4. The third-order valence-electron chi connectivity index (χ3n) is 4.08. The highest BCUT2D eigenvalue weighted by atomic mass is 16.5. The molecule has 140 valence electrons. The predicted molar refractivity (Wildman–Crippen MR) is 97.5 cm³/mol. The number of nitrogens with zero attached hydrogens (tertiary/aromatic N) is 1. The Labute approximate surface area is 150 Å². The summed E-state index contributed by atoms with van der Waals surface area (Å²) >= 11 is 0. The Kier molecular flexibility index (Phi) is 6.53. The molecule has 1 saturated heterocycles. The zero-order chi connectivity index (χ0) is 18.4. The molecule has 0 spiro atoms. The van der Waals surface area contributed by atoms with E-state index >= 15 is 0 Å². The number of piperidine rings is 1. The Balaban J connectivity index is 1.88. The molecule has 1 N–H and O–H groups in total. The molecule has 1 amide bonds. The van der Waals surface area contributed by atoms with E-state index in [1.54, 1.807) is 14.2 Å².